The van der Waals surface area contributed by atoms with Crippen LogP contribution in [0.2, 0.25) is 0 Å². The molecule has 1 amide bonds. The maximum Gasteiger partial charge on any atom is 0.231 e. The number of carbonyl (C=O) groups is 1. The van der Waals surface area contributed by atoms with Gasteiger partial charge < -0.3 is 19.7 Å². The van der Waals surface area contributed by atoms with E-state index in [0.717, 1.165) is 36.7 Å². The predicted octanol–water partition coefficient (Wildman–Crippen LogP) is 2.48. The average Bonchev–Trinajstić information content (AvgIpc) is 2.94. The number of nitrogens with one attached hydrogen (secondary N) is 1. The number of hydrogen-bond donors (Lipinski definition) is 1. The maximum atomic E-state index is 12.2. The molecule has 1 N–H and O–H groups in total. The minimum atomic E-state index is 0.245. The number of amides is 1. The molecule has 1 fully saturated rings. The third-order valence-electron chi connectivity index (χ3n) is 4.05. The molecule has 5 heteroatoms. The van der Waals surface area contributed by atoms with Gasteiger partial charge >= 0.3 is 0 Å². The van der Waals surface area contributed by atoms with Crippen molar-refractivity contribution in [3.05, 3.63) is 18.2 Å². The van der Waals surface area contributed by atoms with E-state index in [4.69, 9.17) is 9.47 Å². The van der Waals surface area contributed by atoms with Gasteiger partial charge in [-0.2, -0.15) is 0 Å². The van der Waals surface area contributed by atoms with Gasteiger partial charge in [0.2, 0.25) is 12.7 Å². The second-order valence-corrected chi connectivity index (χ2v) is 5.83. The third-order valence-corrected chi connectivity index (χ3v) is 4.05. The fourth-order valence-electron chi connectivity index (χ4n) is 2.89. The summed E-state index contributed by atoms with van der Waals surface area (Å²) in [5.74, 6) is 2.41. The average molecular weight is 290 g/mol. The number of likely N-dealkylation sites (tertiary alicyclic amines) is 1. The minimum absolute atomic E-state index is 0.245. The van der Waals surface area contributed by atoms with Crippen molar-refractivity contribution in [3.63, 3.8) is 0 Å². The molecule has 0 radical (unpaired) electrons. The highest BCUT2D eigenvalue weighted by atomic mass is 16.7. The van der Waals surface area contributed by atoms with Crippen LogP contribution < -0.4 is 14.8 Å². The number of piperidine rings is 1. The lowest BCUT2D eigenvalue weighted by Gasteiger charge is -2.31. The van der Waals surface area contributed by atoms with Gasteiger partial charge in [0.1, 0.15) is 0 Å². The topological polar surface area (TPSA) is 50.8 Å². The van der Waals surface area contributed by atoms with Gasteiger partial charge in [-0.3, -0.25) is 4.79 Å². The van der Waals surface area contributed by atoms with Gasteiger partial charge in [-0.05, 0) is 30.9 Å². The van der Waals surface area contributed by atoms with E-state index in [1.165, 1.54) is 6.42 Å². The summed E-state index contributed by atoms with van der Waals surface area (Å²) >= 11 is 0. The molecule has 1 unspecified atom stereocenters. The Morgan fingerprint density at radius 3 is 3.10 bits per heavy atom. The van der Waals surface area contributed by atoms with E-state index in [0.29, 0.717) is 18.9 Å². The number of fused-ring (bicyclic) bond motifs is 1. The molecule has 2 aliphatic rings. The Labute approximate surface area is 125 Å². The molecule has 1 atom stereocenters. The standard InChI is InChI=1S/C16H22N2O3/c1-12-3-2-8-18(10-12)16(19)6-7-17-13-4-5-14-15(9-13)21-11-20-14/h4-5,9,12,17H,2-3,6-8,10-11H2,1H3. The van der Waals surface area contributed by atoms with Crippen LogP contribution in [0.15, 0.2) is 18.2 Å². The van der Waals surface area contributed by atoms with E-state index in [2.05, 4.69) is 12.2 Å². The second-order valence-electron chi connectivity index (χ2n) is 5.83. The van der Waals surface area contributed by atoms with E-state index in [-0.39, 0.29) is 12.7 Å². The van der Waals surface area contributed by atoms with Crippen LogP contribution in [0.4, 0.5) is 5.69 Å². The van der Waals surface area contributed by atoms with Crippen molar-refractivity contribution in [3.8, 4) is 11.5 Å². The first-order chi connectivity index (χ1) is 10.2. The SMILES string of the molecule is CC1CCCN(C(=O)CCNc2ccc3c(c2)OCO3)C1. The van der Waals surface area contributed by atoms with Gasteiger partial charge in [0.25, 0.3) is 0 Å². The Hall–Kier alpha value is -1.91. The molecule has 0 bridgehead atoms. The molecule has 114 valence electrons. The highest BCUT2D eigenvalue weighted by molar-refractivity contribution is 5.76. The van der Waals surface area contributed by atoms with E-state index < -0.39 is 0 Å². The molecule has 0 aromatic heterocycles. The van der Waals surface area contributed by atoms with Crippen molar-refractivity contribution in [2.75, 3.05) is 31.7 Å². The van der Waals surface area contributed by atoms with Crippen molar-refractivity contribution in [1.29, 1.82) is 0 Å². The number of anilines is 1. The number of hydrogen-bond acceptors (Lipinski definition) is 4. The largest absolute Gasteiger partial charge is 0.454 e. The third kappa shape index (κ3) is 3.40. The molecular formula is C16H22N2O3. The highest BCUT2D eigenvalue weighted by Gasteiger charge is 2.20. The molecule has 21 heavy (non-hydrogen) atoms. The summed E-state index contributed by atoms with van der Waals surface area (Å²) < 4.78 is 10.6. The molecule has 1 aromatic carbocycles. The molecule has 2 heterocycles. The predicted molar refractivity (Wildman–Crippen MR) is 80.6 cm³/mol. The Morgan fingerprint density at radius 2 is 2.24 bits per heavy atom. The molecule has 0 saturated carbocycles. The van der Waals surface area contributed by atoms with Gasteiger partial charge in [0.15, 0.2) is 11.5 Å². The number of benzene rings is 1. The molecule has 5 nitrogen and oxygen atoms in total. The second kappa shape index (κ2) is 6.24. The zero-order valence-corrected chi connectivity index (χ0v) is 12.4. The smallest absolute Gasteiger partial charge is 0.231 e. The first kappa shape index (κ1) is 14.0. The molecule has 0 spiro atoms. The lowest BCUT2D eigenvalue weighted by Crippen LogP contribution is -2.39. The lowest BCUT2D eigenvalue weighted by molar-refractivity contribution is -0.132. The van der Waals surface area contributed by atoms with E-state index >= 15 is 0 Å². The molecule has 1 aromatic rings. The minimum Gasteiger partial charge on any atom is -0.454 e. The van der Waals surface area contributed by atoms with Gasteiger partial charge in [-0.1, -0.05) is 6.92 Å². The summed E-state index contributed by atoms with van der Waals surface area (Å²) in [4.78, 5) is 14.2. The van der Waals surface area contributed by atoms with E-state index in [1.54, 1.807) is 0 Å². The lowest BCUT2D eigenvalue weighted by atomic mass is 10.00. The van der Waals surface area contributed by atoms with E-state index in [9.17, 15) is 4.79 Å². The summed E-state index contributed by atoms with van der Waals surface area (Å²) in [6.45, 7) is 4.95. The normalized spacial score (nSPS) is 20.4. The molecule has 0 aliphatic carbocycles. The molecule has 2 aliphatic heterocycles. The van der Waals surface area contributed by atoms with Gasteiger partial charge in [-0.15, -0.1) is 0 Å². The zero-order chi connectivity index (χ0) is 14.7. The Bertz CT molecular complexity index is 518. The van der Waals surface area contributed by atoms with Crippen molar-refractivity contribution >= 4 is 11.6 Å². The summed E-state index contributed by atoms with van der Waals surface area (Å²) in [6, 6.07) is 5.75. The van der Waals surface area contributed by atoms with E-state index in [1.807, 2.05) is 23.1 Å². The van der Waals surface area contributed by atoms with Crippen LogP contribution >= 0.6 is 0 Å². The maximum absolute atomic E-state index is 12.2. The number of nitrogens with zero attached hydrogens (tertiary/aromatic N) is 1. The van der Waals surface area contributed by atoms with Crippen molar-refractivity contribution in [2.24, 2.45) is 5.92 Å². The quantitative estimate of drug-likeness (QED) is 0.925. The van der Waals surface area contributed by atoms with Crippen molar-refractivity contribution in [1.82, 2.24) is 4.90 Å². The van der Waals surface area contributed by atoms with Crippen LogP contribution in [0.25, 0.3) is 0 Å². The summed E-state index contributed by atoms with van der Waals surface area (Å²) in [6.07, 6.45) is 2.89. The number of carbonyl (C=O) groups excluding carboxylic acids is 1. The molecule has 3 rings (SSSR count). The van der Waals surface area contributed by atoms with Gasteiger partial charge in [0, 0.05) is 37.8 Å². The fraction of sp³-hybridized carbons (Fsp3) is 0.562. The first-order valence-electron chi connectivity index (χ1n) is 7.63. The summed E-state index contributed by atoms with van der Waals surface area (Å²) in [5.41, 5.74) is 0.957. The van der Waals surface area contributed by atoms with Gasteiger partial charge in [0.05, 0.1) is 0 Å². The molecule has 1 saturated heterocycles. The Balaban J connectivity index is 1.46. The Morgan fingerprint density at radius 1 is 1.38 bits per heavy atom. The summed E-state index contributed by atoms with van der Waals surface area (Å²) in [7, 11) is 0. The van der Waals surface area contributed by atoms with Crippen molar-refractivity contribution < 1.29 is 14.3 Å². The zero-order valence-electron chi connectivity index (χ0n) is 12.4. The van der Waals surface area contributed by atoms with Crippen LogP contribution in [-0.2, 0) is 4.79 Å². The Kier molecular flexibility index (Phi) is 4.18. The number of rotatable bonds is 4. The van der Waals surface area contributed by atoms with Crippen LogP contribution in [0.3, 0.4) is 0 Å². The van der Waals surface area contributed by atoms with Crippen LogP contribution in [0.1, 0.15) is 26.2 Å². The highest BCUT2D eigenvalue weighted by Crippen LogP contribution is 2.34. The fourth-order valence-corrected chi connectivity index (χ4v) is 2.89. The van der Waals surface area contributed by atoms with Gasteiger partial charge in [-0.25, -0.2) is 0 Å². The van der Waals surface area contributed by atoms with Crippen LogP contribution in [0, 0.1) is 5.92 Å². The van der Waals surface area contributed by atoms with Crippen molar-refractivity contribution in [2.45, 2.75) is 26.2 Å². The monoisotopic (exact) mass is 290 g/mol. The number of ether oxygens (including phenoxy) is 2. The first-order valence-corrected chi connectivity index (χ1v) is 7.63. The summed E-state index contributed by atoms with van der Waals surface area (Å²) in [5, 5.41) is 3.27. The van der Waals surface area contributed by atoms with Crippen LogP contribution in [-0.4, -0.2) is 37.2 Å². The van der Waals surface area contributed by atoms with Crippen LogP contribution in [0.5, 0.6) is 11.5 Å². The molecular weight excluding hydrogens is 268 g/mol.